The van der Waals surface area contributed by atoms with E-state index in [0.717, 1.165) is 30.4 Å². The summed E-state index contributed by atoms with van der Waals surface area (Å²) in [6, 6.07) is 27.0. The average Bonchev–Trinajstić information content (AvgIpc) is 3.35. The molecule has 0 aromatic heterocycles. The Morgan fingerprint density at radius 3 is 2.26 bits per heavy atom. The second-order valence-electron chi connectivity index (χ2n) is 9.04. The van der Waals surface area contributed by atoms with Crippen LogP contribution in [0.5, 0.6) is 0 Å². The van der Waals surface area contributed by atoms with Crippen LogP contribution in [0.4, 0.5) is 0 Å². The molecule has 0 saturated heterocycles. The van der Waals surface area contributed by atoms with Crippen LogP contribution in [0.25, 0.3) is 0 Å². The first-order valence-electron chi connectivity index (χ1n) is 12.1. The number of hydrogen-bond donors (Lipinski definition) is 2. The minimum Gasteiger partial charge on any atom is -0.480 e. The topological polar surface area (TPSA) is 69.6 Å². The largest absolute Gasteiger partial charge is 0.480 e. The summed E-state index contributed by atoms with van der Waals surface area (Å²) in [5.74, 6) is -0.872. The van der Waals surface area contributed by atoms with E-state index in [1.807, 2.05) is 84.4 Å². The molecule has 1 saturated carbocycles. The summed E-state index contributed by atoms with van der Waals surface area (Å²) in [5.41, 5.74) is 2.56. The van der Waals surface area contributed by atoms with Gasteiger partial charge < -0.3 is 15.3 Å². The van der Waals surface area contributed by atoms with Gasteiger partial charge in [0.2, 0.25) is 0 Å². The maximum Gasteiger partial charge on any atom is 0.321 e. The smallest absolute Gasteiger partial charge is 0.321 e. The fraction of sp³-hybridized carbons (Fsp3) is 0.310. The second-order valence-corrected chi connectivity index (χ2v) is 10.4. The number of rotatable bonds is 10. The first kappa shape index (κ1) is 25.0. The van der Waals surface area contributed by atoms with E-state index in [1.54, 1.807) is 0 Å². The molecule has 0 bridgehead atoms. The Morgan fingerprint density at radius 2 is 1.60 bits per heavy atom. The van der Waals surface area contributed by atoms with E-state index in [9.17, 15) is 14.7 Å². The van der Waals surface area contributed by atoms with Gasteiger partial charge in [-0.2, -0.15) is 0 Å². The van der Waals surface area contributed by atoms with Crippen LogP contribution < -0.4 is 5.32 Å². The molecule has 3 aromatic carbocycles. The number of nitrogens with zero attached hydrogens (tertiary/aromatic N) is 1. The van der Waals surface area contributed by atoms with Crippen molar-refractivity contribution in [2.24, 2.45) is 0 Å². The van der Waals surface area contributed by atoms with Gasteiger partial charge in [-0.25, -0.2) is 0 Å². The van der Waals surface area contributed by atoms with Crippen LogP contribution in [0.15, 0.2) is 89.8 Å². The van der Waals surface area contributed by atoms with Crippen molar-refractivity contribution in [1.29, 1.82) is 0 Å². The van der Waals surface area contributed by atoms with Crippen molar-refractivity contribution < 1.29 is 14.7 Å². The molecule has 0 radical (unpaired) electrons. The van der Waals surface area contributed by atoms with Crippen molar-refractivity contribution in [3.8, 4) is 0 Å². The highest BCUT2D eigenvalue weighted by atomic mass is 32.2. The Hall–Kier alpha value is -3.09. The second kappa shape index (κ2) is 12.0. The zero-order valence-corrected chi connectivity index (χ0v) is 20.8. The van der Waals surface area contributed by atoms with E-state index < -0.39 is 12.0 Å². The lowest BCUT2D eigenvalue weighted by Gasteiger charge is -2.29. The van der Waals surface area contributed by atoms with Gasteiger partial charge in [-0.15, -0.1) is 11.8 Å². The van der Waals surface area contributed by atoms with Crippen molar-refractivity contribution in [1.82, 2.24) is 10.2 Å². The number of aliphatic carboxylic acids is 1. The van der Waals surface area contributed by atoms with Crippen LogP contribution in [-0.4, -0.2) is 46.3 Å². The van der Waals surface area contributed by atoms with E-state index in [4.69, 9.17) is 0 Å². The predicted octanol–water partition coefficient (Wildman–Crippen LogP) is 5.26. The highest BCUT2D eigenvalue weighted by Crippen LogP contribution is 2.37. The summed E-state index contributed by atoms with van der Waals surface area (Å²) in [6.45, 7) is 0.489. The van der Waals surface area contributed by atoms with E-state index in [1.165, 1.54) is 4.90 Å². The highest BCUT2D eigenvalue weighted by Gasteiger charge is 2.33. The molecule has 2 unspecified atom stereocenters. The normalized spacial score (nSPS) is 18.2. The molecular weight excluding hydrogens is 456 g/mol. The Bertz CT molecular complexity index is 1110. The van der Waals surface area contributed by atoms with Gasteiger partial charge >= 0.3 is 5.97 Å². The Morgan fingerprint density at radius 1 is 0.943 bits per heavy atom. The first-order chi connectivity index (χ1) is 17.0. The molecule has 3 aromatic rings. The number of thioether (sulfide) groups is 1. The summed E-state index contributed by atoms with van der Waals surface area (Å²) in [4.78, 5) is 28.1. The monoisotopic (exact) mass is 488 g/mol. The minimum atomic E-state index is -0.885. The van der Waals surface area contributed by atoms with Crippen LogP contribution >= 0.6 is 11.8 Å². The molecular formula is C29H32N2O3S. The Balaban J connectivity index is 1.36. The fourth-order valence-corrected chi connectivity index (χ4v) is 6.04. The summed E-state index contributed by atoms with van der Waals surface area (Å²) in [7, 11) is 1.90. The van der Waals surface area contributed by atoms with Gasteiger partial charge in [0.05, 0.1) is 0 Å². The third-order valence-corrected chi connectivity index (χ3v) is 8.00. The van der Waals surface area contributed by atoms with Crippen molar-refractivity contribution in [3.63, 3.8) is 0 Å². The van der Waals surface area contributed by atoms with Gasteiger partial charge in [0.25, 0.3) is 5.91 Å². The SMILES string of the molecule is CN(C(=O)c1ccc(C[C@H](NCc2ccccc2)C(=O)O)cc1)C1CCCC1Sc1ccccc1. The van der Waals surface area contributed by atoms with Gasteiger partial charge in [0.15, 0.2) is 0 Å². The molecule has 6 heteroatoms. The molecule has 5 nitrogen and oxygen atoms in total. The zero-order chi connectivity index (χ0) is 24.6. The summed E-state index contributed by atoms with van der Waals surface area (Å²) >= 11 is 1.86. The molecule has 4 rings (SSSR count). The molecule has 2 N–H and O–H groups in total. The van der Waals surface area contributed by atoms with Gasteiger partial charge in [-0.3, -0.25) is 9.59 Å². The van der Waals surface area contributed by atoms with E-state index in [-0.39, 0.29) is 11.9 Å². The van der Waals surface area contributed by atoms with E-state index >= 15 is 0 Å². The molecule has 0 aliphatic heterocycles. The number of carbonyl (C=O) groups excluding carboxylic acids is 1. The molecule has 1 amide bonds. The number of carboxylic acid groups (broad SMARTS) is 1. The van der Waals surface area contributed by atoms with Crippen LogP contribution in [0.1, 0.15) is 40.7 Å². The maximum atomic E-state index is 13.2. The number of benzene rings is 3. The standard InChI is InChI=1S/C29H32N2O3S/c1-31(26-13-8-14-27(26)35-24-11-6-3-7-12-24)28(32)23-17-15-21(16-18-23)19-25(29(33)34)30-20-22-9-4-2-5-10-22/h2-7,9-12,15-18,25-27,30H,8,13-14,19-20H2,1H3,(H,33,34)/t25-,26?,27?/m0/s1. The minimum absolute atomic E-state index is 0.0131. The van der Waals surface area contributed by atoms with Crippen molar-refractivity contribution in [2.75, 3.05) is 7.05 Å². The third-order valence-electron chi connectivity index (χ3n) is 6.60. The summed E-state index contributed by atoms with van der Waals surface area (Å²) in [5, 5.41) is 13.2. The van der Waals surface area contributed by atoms with Crippen LogP contribution in [0, 0.1) is 0 Å². The van der Waals surface area contributed by atoms with E-state index in [2.05, 4.69) is 29.6 Å². The lowest BCUT2D eigenvalue weighted by atomic mass is 10.0. The summed E-state index contributed by atoms with van der Waals surface area (Å²) in [6.07, 6.45) is 3.59. The fourth-order valence-electron chi connectivity index (χ4n) is 4.62. The first-order valence-corrected chi connectivity index (χ1v) is 13.0. The lowest BCUT2D eigenvalue weighted by molar-refractivity contribution is -0.139. The van der Waals surface area contributed by atoms with Gasteiger partial charge in [0, 0.05) is 35.3 Å². The van der Waals surface area contributed by atoms with Crippen LogP contribution in [-0.2, 0) is 17.8 Å². The Labute approximate surface area is 211 Å². The highest BCUT2D eigenvalue weighted by molar-refractivity contribution is 8.00. The summed E-state index contributed by atoms with van der Waals surface area (Å²) < 4.78 is 0. The van der Waals surface area contributed by atoms with Gasteiger partial charge in [-0.05, 0) is 54.7 Å². The molecule has 1 aliphatic rings. The molecule has 3 atom stereocenters. The number of amides is 1. The van der Waals surface area contributed by atoms with Crippen molar-refractivity contribution in [3.05, 3.63) is 102 Å². The van der Waals surface area contributed by atoms with E-state index in [0.29, 0.717) is 23.8 Å². The molecule has 1 fully saturated rings. The quantitative estimate of drug-likeness (QED) is 0.408. The number of carbonyl (C=O) groups is 2. The number of hydrogen-bond acceptors (Lipinski definition) is 4. The van der Waals surface area contributed by atoms with Crippen molar-refractivity contribution >= 4 is 23.6 Å². The molecule has 1 aliphatic carbocycles. The molecule has 182 valence electrons. The lowest BCUT2D eigenvalue weighted by Crippen LogP contribution is -2.40. The predicted molar refractivity (Wildman–Crippen MR) is 141 cm³/mol. The van der Waals surface area contributed by atoms with Gasteiger partial charge in [0.1, 0.15) is 6.04 Å². The average molecular weight is 489 g/mol. The third kappa shape index (κ3) is 6.74. The Kier molecular flexibility index (Phi) is 8.61. The maximum absolute atomic E-state index is 13.2. The van der Waals surface area contributed by atoms with Gasteiger partial charge in [-0.1, -0.05) is 67.1 Å². The number of carboxylic acids is 1. The molecule has 35 heavy (non-hydrogen) atoms. The molecule has 0 heterocycles. The van der Waals surface area contributed by atoms with Crippen LogP contribution in [0.2, 0.25) is 0 Å². The zero-order valence-electron chi connectivity index (χ0n) is 20.0. The number of nitrogens with one attached hydrogen (secondary N) is 1. The van der Waals surface area contributed by atoms with Crippen LogP contribution in [0.3, 0.4) is 0 Å². The van der Waals surface area contributed by atoms with Crippen molar-refractivity contribution in [2.45, 2.75) is 54.5 Å². The molecule has 0 spiro atoms.